The van der Waals surface area contributed by atoms with Gasteiger partial charge in [0, 0.05) is 13.0 Å². The predicted octanol–water partition coefficient (Wildman–Crippen LogP) is 2.17. The van der Waals surface area contributed by atoms with Crippen molar-refractivity contribution in [3.05, 3.63) is 29.3 Å². The SMILES string of the molecule is CC(CNC(=O)COc1ccc2c(c1)CCCC2)CC(=O)O. The summed E-state index contributed by atoms with van der Waals surface area (Å²) in [7, 11) is 0. The topological polar surface area (TPSA) is 75.6 Å². The van der Waals surface area contributed by atoms with E-state index in [9.17, 15) is 9.59 Å². The summed E-state index contributed by atoms with van der Waals surface area (Å²) in [4.78, 5) is 22.3. The molecule has 0 aliphatic heterocycles. The summed E-state index contributed by atoms with van der Waals surface area (Å²) in [5.41, 5.74) is 2.70. The maximum Gasteiger partial charge on any atom is 0.303 e. The highest BCUT2D eigenvalue weighted by atomic mass is 16.5. The molecule has 0 saturated heterocycles. The molecule has 1 amide bonds. The minimum absolute atomic E-state index is 0.0431. The quantitative estimate of drug-likeness (QED) is 0.809. The Hall–Kier alpha value is -2.04. The van der Waals surface area contributed by atoms with E-state index < -0.39 is 5.97 Å². The molecule has 1 unspecified atom stereocenters. The normalized spacial score (nSPS) is 14.8. The number of carboxylic acid groups (broad SMARTS) is 1. The highest BCUT2D eigenvalue weighted by Crippen LogP contribution is 2.25. The fourth-order valence-electron chi connectivity index (χ4n) is 2.66. The minimum Gasteiger partial charge on any atom is -0.484 e. The number of benzene rings is 1. The molecular formula is C17H23NO4. The fraction of sp³-hybridized carbons (Fsp3) is 0.529. The molecule has 2 N–H and O–H groups in total. The van der Waals surface area contributed by atoms with Gasteiger partial charge in [-0.3, -0.25) is 9.59 Å². The Morgan fingerprint density at radius 3 is 2.73 bits per heavy atom. The molecule has 0 spiro atoms. The van der Waals surface area contributed by atoms with Gasteiger partial charge in [-0.2, -0.15) is 0 Å². The first-order valence-corrected chi connectivity index (χ1v) is 7.77. The van der Waals surface area contributed by atoms with E-state index in [1.165, 1.54) is 24.0 Å². The Kier molecular flexibility index (Phi) is 5.81. The van der Waals surface area contributed by atoms with Gasteiger partial charge in [0.05, 0.1) is 0 Å². The van der Waals surface area contributed by atoms with Crippen molar-refractivity contribution in [3.8, 4) is 5.75 Å². The van der Waals surface area contributed by atoms with Crippen LogP contribution in [0.4, 0.5) is 0 Å². The number of fused-ring (bicyclic) bond motifs is 1. The number of amides is 1. The summed E-state index contributed by atoms with van der Waals surface area (Å²) >= 11 is 0. The largest absolute Gasteiger partial charge is 0.484 e. The van der Waals surface area contributed by atoms with Gasteiger partial charge in [0.15, 0.2) is 6.61 Å². The number of hydrogen-bond acceptors (Lipinski definition) is 3. The third-order valence-electron chi connectivity index (χ3n) is 3.86. The van der Waals surface area contributed by atoms with E-state index in [1.54, 1.807) is 6.92 Å². The molecule has 2 rings (SSSR count). The molecule has 1 aliphatic carbocycles. The standard InChI is InChI=1S/C17H23NO4/c1-12(8-17(20)21)10-18-16(19)11-22-15-7-6-13-4-2-3-5-14(13)9-15/h6-7,9,12H,2-5,8,10-11H2,1H3,(H,18,19)(H,20,21). The highest BCUT2D eigenvalue weighted by molar-refractivity contribution is 5.77. The van der Waals surface area contributed by atoms with Crippen molar-refractivity contribution in [2.24, 2.45) is 5.92 Å². The zero-order chi connectivity index (χ0) is 15.9. The van der Waals surface area contributed by atoms with Crippen molar-refractivity contribution in [1.82, 2.24) is 5.32 Å². The lowest BCUT2D eigenvalue weighted by atomic mass is 9.92. The zero-order valence-corrected chi connectivity index (χ0v) is 12.9. The Morgan fingerprint density at radius 2 is 2.00 bits per heavy atom. The Labute approximate surface area is 130 Å². The number of carbonyl (C=O) groups excluding carboxylic acids is 1. The molecule has 0 bridgehead atoms. The summed E-state index contributed by atoms with van der Waals surface area (Å²) in [5, 5.41) is 11.4. The first-order valence-electron chi connectivity index (χ1n) is 7.77. The smallest absolute Gasteiger partial charge is 0.303 e. The van der Waals surface area contributed by atoms with Crippen LogP contribution in [0, 0.1) is 5.92 Å². The molecule has 0 fully saturated rings. The van der Waals surface area contributed by atoms with Gasteiger partial charge in [-0.25, -0.2) is 0 Å². The van der Waals surface area contributed by atoms with Gasteiger partial charge in [0.2, 0.25) is 0 Å². The molecule has 1 aromatic carbocycles. The summed E-state index contributed by atoms with van der Waals surface area (Å²) in [6.07, 6.45) is 4.69. The predicted molar refractivity (Wildman–Crippen MR) is 83.0 cm³/mol. The molecular weight excluding hydrogens is 282 g/mol. The van der Waals surface area contributed by atoms with Crippen LogP contribution in [0.2, 0.25) is 0 Å². The lowest BCUT2D eigenvalue weighted by molar-refractivity contribution is -0.138. The number of hydrogen-bond donors (Lipinski definition) is 2. The molecule has 5 heteroatoms. The minimum atomic E-state index is -0.855. The molecule has 1 aromatic rings. The summed E-state index contributed by atoms with van der Waals surface area (Å²) in [6.45, 7) is 2.09. The number of rotatable bonds is 7. The van der Waals surface area contributed by atoms with Crippen LogP contribution in [-0.2, 0) is 22.4 Å². The van der Waals surface area contributed by atoms with E-state index in [-0.39, 0.29) is 24.9 Å². The van der Waals surface area contributed by atoms with Crippen LogP contribution in [-0.4, -0.2) is 30.1 Å². The van der Waals surface area contributed by atoms with Crippen molar-refractivity contribution in [3.63, 3.8) is 0 Å². The lowest BCUT2D eigenvalue weighted by Crippen LogP contribution is -2.33. The van der Waals surface area contributed by atoms with E-state index in [0.717, 1.165) is 18.6 Å². The maximum atomic E-state index is 11.7. The van der Waals surface area contributed by atoms with Crippen LogP contribution in [0.1, 0.15) is 37.3 Å². The molecule has 0 radical (unpaired) electrons. The Bertz CT molecular complexity index is 541. The first kappa shape index (κ1) is 16.3. The Morgan fingerprint density at radius 1 is 1.27 bits per heavy atom. The lowest BCUT2D eigenvalue weighted by Gasteiger charge is -2.17. The average molecular weight is 305 g/mol. The molecule has 1 atom stereocenters. The van der Waals surface area contributed by atoms with Crippen molar-refractivity contribution < 1.29 is 19.4 Å². The van der Waals surface area contributed by atoms with Crippen LogP contribution in [0.3, 0.4) is 0 Å². The average Bonchev–Trinajstić information content (AvgIpc) is 2.50. The second kappa shape index (κ2) is 7.82. The Balaban J connectivity index is 1.75. The first-order chi connectivity index (χ1) is 10.5. The van der Waals surface area contributed by atoms with Crippen LogP contribution in [0.5, 0.6) is 5.75 Å². The van der Waals surface area contributed by atoms with E-state index in [0.29, 0.717) is 6.54 Å². The molecule has 5 nitrogen and oxygen atoms in total. The number of aryl methyl sites for hydroxylation is 2. The van der Waals surface area contributed by atoms with Gasteiger partial charge in [-0.1, -0.05) is 13.0 Å². The van der Waals surface area contributed by atoms with Gasteiger partial charge in [0.1, 0.15) is 5.75 Å². The van der Waals surface area contributed by atoms with Crippen LogP contribution in [0.25, 0.3) is 0 Å². The number of aliphatic carboxylic acids is 1. The van der Waals surface area contributed by atoms with E-state index >= 15 is 0 Å². The number of ether oxygens (including phenoxy) is 1. The van der Waals surface area contributed by atoms with Gasteiger partial charge in [0.25, 0.3) is 5.91 Å². The highest BCUT2D eigenvalue weighted by Gasteiger charge is 2.12. The molecule has 0 saturated carbocycles. The van der Waals surface area contributed by atoms with Crippen molar-refractivity contribution in [2.75, 3.05) is 13.2 Å². The maximum absolute atomic E-state index is 11.7. The number of carboxylic acids is 1. The monoisotopic (exact) mass is 305 g/mol. The van der Waals surface area contributed by atoms with E-state index in [4.69, 9.17) is 9.84 Å². The van der Waals surface area contributed by atoms with E-state index in [2.05, 4.69) is 11.4 Å². The molecule has 0 heterocycles. The van der Waals surface area contributed by atoms with Crippen molar-refractivity contribution >= 4 is 11.9 Å². The fourth-order valence-corrected chi connectivity index (χ4v) is 2.66. The van der Waals surface area contributed by atoms with Crippen molar-refractivity contribution in [2.45, 2.75) is 39.0 Å². The van der Waals surface area contributed by atoms with E-state index in [1.807, 2.05) is 12.1 Å². The summed E-state index contributed by atoms with van der Waals surface area (Å²) in [5.74, 6) is -0.457. The third kappa shape index (κ3) is 5.06. The van der Waals surface area contributed by atoms with Crippen LogP contribution in [0.15, 0.2) is 18.2 Å². The number of carbonyl (C=O) groups is 2. The molecule has 1 aliphatic rings. The second-order valence-corrected chi connectivity index (χ2v) is 5.93. The van der Waals surface area contributed by atoms with Gasteiger partial charge < -0.3 is 15.2 Å². The van der Waals surface area contributed by atoms with Gasteiger partial charge in [-0.05, 0) is 54.9 Å². The van der Waals surface area contributed by atoms with Crippen LogP contribution < -0.4 is 10.1 Å². The van der Waals surface area contributed by atoms with Gasteiger partial charge in [-0.15, -0.1) is 0 Å². The van der Waals surface area contributed by atoms with Crippen molar-refractivity contribution in [1.29, 1.82) is 0 Å². The zero-order valence-electron chi connectivity index (χ0n) is 12.9. The summed E-state index contributed by atoms with van der Waals surface area (Å²) in [6, 6.07) is 6.01. The third-order valence-corrected chi connectivity index (χ3v) is 3.86. The molecule has 22 heavy (non-hydrogen) atoms. The molecule has 0 aromatic heterocycles. The van der Waals surface area contributed by atoms with Gasteiger partial charge >= 0.3 is 5.97 Å². The number of nitrogens with one attached hydrogen (secondary N) is 1. The summed E-state index contributed by atoms with van der Waals surface area (Å²) < 4.78 is 5.52. The van der Waals surface area contributed by atoms with Crippen LogP contribution >= 0.6 is 0 Å². The second-order valence-electron chi connectivity index (χ2n) is 5.93. The molecule has 120 valence electrons.